The third-order valence-corrected chi connectivity index (χ3v) is 5.69. The van der Waals surface area contributed by atoms with Gasteiger partial charge in [-0.25, -0.2) is 4.98 Å². The van der Waals surface area contributed by atoms with Crippen molar-refractivity contribution >= 4 is 44.4 Å². The maximum atomic E-state index is 4.83. The van der Waals surface area contributed by atoms with Crippen molar-refractivity contribution in [1.29, 1.82) is 0 Å². The minimum absolute atomic E-state index is 0. The molecule has 1 aliphatic heterocycles. The van der Waals surface area contributed by atoms with E-state index in [-0.39, 0.29) is 17.1 Å². The molecule has 0 fully saturated rings. The molecule has 5 nitrogen and oxygen atoms in total. The first-order valence-electron chi connectivity index (χ1n) is 8.76. The van der Waals surface area contributed by atoms with Gasteiger partial charge in [0, 0.05) is 24.3 Å². The van der Waals surface area contributed by atoms with Crippen LogP contribution in [0.15, 0.2) is 84.0 Å². The zero-order valence-corrected chi connectivity index (χ0v) is 16.7. The fourth-order valence-electron chi connectivity index (χ4n) is 3.34. The van der Waals surface area contributed by atoms with Crippen LogP contribution in [0.2, 0.25) is 0 Å². The number of quaternary nitrogens is 1. The summed E-state index contributed by atoms with van der Waals surface area (Å²) in [6.45, 7) is 2.09. The molecule has 0 saturated carbocycles. The number of nitrogens with one attached hydrogen (secondary N) is 1. The summed E-state index contributed by atoms with van der Waals surface area (Å²) in [5.74, 6) is 0. The summed E-state index contributed by atoms with van der Waals surface area (Å²) in [6.07, 6.45) is 1.74. The maximum absolute atomic E-state index is 4.83. The van der Waals surface area contributed by atoms with Gasteiger partial charge in [-0.3, -0.25) is 0 Å². The third-order valence-electron chi connectivity index (χ3n) is 4.69. The summed E-state index contributed by atoms with van der Waals surface area (Å²) in [5.41, 5.74) is 7.77. The number of aryl methyl sites for hydroxylation is 1. The van der Waals surface area contributed by atoms with E-state index in [2.05, 4.69) is 59.9 Å². The molecule has 3 aromatic carbocycles. The molecule has 1 unspecified atom stereocenters. The summed E-state index contributed by atoms with van der Waals surface area (Å²) >= 11 is 1.63. The highest BCUT2D eigenvalue weighted by Gasteiger charge is 2.46. The van der Waals surface area contributed by atoms with Crippen molar-refractivity contribution in [2.75, 3.05) is 5.12 Å². The van der Waals surface area contributed by atoms with Gasteiger partial charge in [0.2, 0.25) is 0 Å². The van der Waals surface area contributed by atoms with Crippen LogP contribution >= 0.6 is 11.3 Å². The van der Waals surface area contributed by atoms with Crippen molar-refractivity contribution in [3.8, 4) is 0 Å². The number of anilines is 1. The number of hydrazone groups is 1. The molecule has 5 rings (SSSR count). The van der Waals surface area contributed by atoms with E-state index in [1.807, 2.05) is 41.5 Å². The number of hydrogen-bond acceptors (Lipinski definition) is 5. The monoisotopic (exact) mass is 407 g/mol. The Morgan fingerprint density at radius 2 is 1.54 bits per heavy atom. The number of hydrogen-bond donors (Lipinski definition) is 1. The molecule has 0 spiro atoms. The highest BCUT2D eigenvalue weighted by molar-refractivity contribution is 7.22. The van der Waals surface area contributed by atoms with Crippen molar-refractivity contribution in [3.63, 3.8) is 0 Å². The second-order valence-corrected chi connectivity index (χ2v) is 7.44. The predicted molar refractivity (Wildman–Crippen MR) is 113 cm³/mol. The van der Waals surface area contributed by atoms with E-state index in [9.17, 15) is 0 Å². The fourth-order valence-corrected chi connectivity index (χ4v) is 4.30. The molecule has 28 heavy (non-hydrogen) atoms. The first-order valence-corrected chi connectivity index (χ1v) is 9.57. The fraction of sp³-hybridized carbons (Fsp3) is 0.0476. The zero-order chi connectivity index (χ0) is 18.3. The number of halogens is 1. The van der Waals surface area contributed by atoms with Crippen molar-refractivity contribution < 1.29 is 12.4 Å². The molecular formula is C21H18ClN5S. The number of benzene rings is 3. The summed E-state index contributed by atoms with van der Waals surface area (Å²) in [4.78, 5) is 4.83. The number of para-hydroxylation sites is 2. The lowest BCUT2D eigenvalue weighted by atomic mass is 10.2. The van der Waals surface area contributed by atoms with Crippen LogP contribution in [0.3, 0.4) is 0 Å². The Morgan fingerprint density at radius 3 is 2.29 bits per heavy atom. The smallest absolute Gasteiger partial charge is 0.265 e. The molecular weight excluding hydrogens is 390 g/mol. The van der Waals surface area contributed by atoms with Crippen molar-refractivity contribution in [2.24, 2.45) is 5.10 Å². The average molecular weight is 408 g/mol. The summed E-state index contributed by atoms with van der Waals surface area (Å²) in [7, 11) is 0. The molecule has 1 N–H and O–H groups in total. The van der Waals surface area contributed by atoms with Gasteiger partial charge in [-0.15, -0.1) is 5.10 Å². The Hall–Kier alpha value is -2.93. The highest BCUT2D eigenvalue weighted by atomic mass is 35.5. The topological polar surface area (TPSA) is 40.5 Å². The molecule has 0 amide bonds. The van der Waals surface area contributed by atoms with E-state index in [1.54, 1.807) is 17.7 Å². The molecule has 140 valence electrons. The molecule has 0 radical (unpaired) electrons. The molecule has 1 aliphatic rings. The molecule has 2 heterocycles. The van der Waals surface area contributed by atoms with Crippen molar-refractivity contribution in [3.05, 3.63) is 84.4 Å². The number of nitrogens with zero attached hydrogens (tertiary/aromatic N) is 4. The number of fused-ring (bicyclic) bond motifs is 1. The second kappa shape index (κ2) is 7.24. The normalized spacial score (nSPS) is 18.1. The van der Waals surface area contributed by atoms with E-state index in [0.717, 1.165) is 26.7 Å². The van der Waals surface area contributed by atoms with Gasteiger partial charge in [-0.2, -0.15) is 5.43 Å². The van der Waals surface area contributed by atoms with Gasteiger partial charge in [0.25, 0.3) is 5.13 Å². The van der Waals surface area contributed by atoms with Gasteiger partial charge in [-0.05, 0) is 28.9 Å². The second-order valence-electron chi connectivity index (χ2n) is 6.43. The molecule has 1 atom stereocenters. The third kappa shape index (κ3) is 2.82. The lowest BCUT2D eigenvalue weighted by Crippen LogP contribution is -3.00. The van der Waals surface area contributed by atoms with Crippen molar-refractivity contribution in [2.45, 2.75) is 6.92 Å². The van der Waals surface area contributed by atoms with Gasteiger partial charge in [0.05, 0.1) is 10.2 Å². The average Bonchev–Trinajstić information content (AvgIpc) is 3.34. The summed E-state index contributed by atoms with van der Waals surface area (Å²) in [6, 6.07) is 27.0. The molecule has 1 aromatic heterocycles. The summed E-state index contributed by atoms with van der Waals surface area (Å²) in [5, 5.41) is 7.42. The van der Waals surface area contributed by atoms with Crippen LogP contribution in [0.1, 0.15) is 5.56 Å². The van der Waals surface area contributed by atoms with Crippen LogP contribution in [0.4, 0.5) is 16.5 Å². The van der Waals surface area contributed by atoms with Gasteiger partial charge in [0.1, 0.15) is 0 Å². The minimum Gasteiger partial charge on any atom is -1.00 e. The van der Waals surface area contributed by atoms with Crippen LogP contribution in [-0.2, 0) is 0 Å². The maximum Gasteiger partial charge on any atom is 0.265 e. The van der Waals surface area contributed by atoms with Crippen LogP contribution in [0.25, 0.3) is 10.2 Å². The molecule has 4 aromatic rings. The number of aromatic nitrogens is 1. The molecule has 0 bridgehead atoms. The molecule has 7 heteroatoms. The van der Waals surface area contributed by atoms with E-state index < -0.39 is 0 Å². The van der Waals surface area contributed by atoms with E-state index in [1.165, 1.54) is 5.56 Å². The Balaban J connectivity index is 0.00000192. The predicted octanol–water partition coefficient (Wildman–Crippen LogP) is 2.13. The number of thiazole rings is 1. The molecule has 0 saturated heterocycles. The Bertz CT molecular complexity index is 1090. The van der Waals surface area contributed by atoms with Crippen LogP contribution in [0.5, 0.6) is 0 Å². The van der Waals surface area contributed by atoms with Crippen LogP contribution < -0.4 is 27.7 Å². The lowest BCUT2D eigenvalue weighted by molar-refractivity contribution is -0.00000533. The SMILES string of the molecule is Cc1ccc([N+]2(c3ccccc3)NC=NN2c2nc3ccccc3s2)cc1.[Cl-]. The van der Waals surface area contributed by atoms with E-state index in [4.69, 9.17) is 4.98 Å². The Morgan fingerprint density at radius 1 is 0.857 bits per heavy atom. The number of rotatable bonds is 3. The summed E-state index contributed by atoms with van der Waals surface area (Å²) < 4.78 is 1.38. The van der Waals surface area contributed by atoms with Crippen LogP contribution in [0, 0.1) is 6.92 Å². The highest BCUT2D eigenvalue weighted by Crippen LogP contribution is 2.41. The Labute approximate surface area is 173 Å². The van der Waals surface area contributed by atoms with Gasteiger partial charge in [0.15, 0.2) is 17.7 Å². The first kappa shape index (κ1) is 18.4. The zero-order valence-electron chi connectivity index (χ0n) is 15.2. The van der Waals surface area contributed by atoms with Crippen LogP contribution in [-0.4, -0.2) is 11.3 Å². The van der Waals surface area contributed by atoms with Gasteiger partial charge in [-0.1, -0.05) is 59.4 Å². The van der Waals surface area contributed by atoms with Gasteiger partial charge >= 0.3 is 0 Å². The van der Waals surface area contributed by atoms with E-state index >= 15 is 0 Å². The first-order chi connectivity index (χ1) is 13.3. The Kier molecular flexibility index (Phi) is 4.77. The van der Waals surface area contributed by atoms with E-state index in [0.29, 0.717) is 0 Å². The largest absolute Gasteiger partial charge is 1.00 e. The lowest BCUT2D eigenvalue weighted by Gasteiger charge is -2.35. The minimum atomic E-state index is 0. The quantitative estimate of drug-likeness (QED) is 0.529. The van der Waals surface area contributed by atoms with Gasteiger partial charge < -0.3 is 12.4 Å². The molecule has 0 aliphatic carbocycles. The standard InChI is InChI=1S/C21H18N5S.ClH/c1-16-11-13-18(14-12-16)26(17-7-3-2-4-8-17)23-15-22-25(26)21-24-19-9-5-6-10-20(19)27-21;/h2-15H,1H3,(H,22,23);1H/q+1;/p-1. The van der Waals surface area contributed by atoms with Crippen molar-refractivity contribution in [1.82, 2.24) is 15.1 Å².